The summed E-state index contributed by atoms with van der Waals surface area (Å²) in [6.07, 6.45) is 5.23. The lowest BCUT2D eigenvalue weighted by Crippen LogP contribution is -2.39. The molecule has 4 rings (SSSR count). The minimum absolute atomic E-state index is 0.0417. The molecule has 2 saturated heterocycles. The molecule has 3 N–H and O–H groups in total. The van der Waals surface area contributed by atoms with Crippen LogP contribution in [0.15, 0.2) is 52.0 Å². The maximum Gasteiger partial charge on any atom is 0.109 e. The van der Waals surface area contributed by atoms with Crippen LogP contribution >= 0.6 is 27.3 Å². The van der Waals surface area contributed by atoms with Crippen LogP contribution in [0.1, 0.15) is 42.2 Å². The fraction of sp³-hybridized carbons (Fsp3) is 0.586. The van der Waals surface area contributed by atoms with Crippen molar-refractivity contribution >= 4 is 27.3 Å². The molecule has 9 heteroatoms. The maximum atomic E-state index is 10.1. The first kappa shape index (κ1) is 29.7. The van der Waals surface area contributed by atoms with Gasteiger partial charge in [0.15, 0.2) is 0 Å². The lowest BCUT2D eigenvalue weighted by atomic mass is 9.92. The Hall–Kier alpha value is -1.30. The number of nitrogens with one attached hydrogen (secondary N) is 1. The second kappa shape index (κ2) is 14.9. The molecule has 3 atom stereocenters. The van der Waals surface area contributed by atoms with Crippen LogP contribution in [0.3, 0.4) is 0 Å². The molecule has 0 aliphatic carbocycles. The van der Waals surface area contributed by atoms with Crippen molar-refractivity contribution in [3.05, 3.63) is 68.0 Å². The quantitative estimate of drug-likeness (QED) is 0.297. The molecular formula is C29H43BrN4O3S. The second-order valence-electron chi connectivity index (χ2n) is 10.3. The predicted octanol–water partition coefficient (Wildman–Crippen LogP) is 4.21. The van der Waals surface area contributed by atoms with Gasteiger partial charge in [-0.1, -0.05) is 37.3 Å². The first-order chi connectivity index (χ1) is 18.5. The normalized spacial score (nSPS) is 23.1. The summed E-state index contributed by atoms with van der Waals surface area (Å²) in [6, 6.07) is 13.0. The molecule has 1 aromatic heterocycles. The van der Waals surface area contributed by atoms with E-state index in [9.17, 15) is 10.2 Å². The van der Waals surface area contributed by atoms with Gasteiger partial charge in [-0.25, -0.2) is 0 Å². The van der Waals surface area contributed by atoms with E-state index >= 15 is 0 Å². The van der Waals surface area contributed by atoms with Crippen molar-refractivity contribution in [1.29, 1.82) is 0 Å². The van der Waals surface area contributed by atoms with Crippen molar-refractivity contribution in [2.45, 2.75) is 58.0 Å². The summed E-state index contributed by atoms with van der Waals surface area (Å²) in [7, 11) is 1.91. The van der Waals surface area contributed by atoms with Crippen molar-refractivity contribution in [2.24, 2.45) is 5.92 Å². The van der Waals surface area contributed by atoms with Gasteiger partial charge in [-0.05, 0) is 71.5 Å². The summed E-state index contributed by atoms with van der Waals surface area (Å²) in [6.45, 7) is 8.94. The van der Waals surface area contributed by atoms with E-state index in [0.717, 1.165) is 43.9 Å². The number of thiophene rings is 1. The Bertz CT molecular complexity index is 1030. The van der Waals surface area contributed by atoms with Crippen molar-refractivity contribution in [3.8, 4) is 0 Å². The van der Waals surface area contributed by atoms with Crippen LogP contribution in [-0.4, -0.2) is 83.7 Å². The summed E-state index contributed by atoms with van der Waals surface area (Å²) in [5.41, 5.74) is 3.47. The molecule has 0 spiro atoms. The van der Waals surface area contributed by atoms with E-state index in [-0.39, 0.29) is 25.2 Å². The molecule has 3 heterocycles. The Labute approximate surface area is 240 Å². The number of aliphatic hydroxyl groups excluding tert-OH is 2. The number of allylic oxidation sites excluding steroid dienone is 1. The van der Waals surface area contributed by atoms with Gasteiger partial charge in [0, 0.05) is 56.3 Å². The Kier molecular flexibility index (Phi) is 11.6. The molecule has 0 amide bonds. The average Bonchev–Trinajstić information content (AvgIpc) is 3.66. The largest absolute Gasteiger partial charge is 0.396 e. The van der Waals surface area contributed by atoms with E-state index in [4.69, 9.17) is 4.84 Å². The highest BCUT2D eigenvalue weighted by Crippen LogP contribution is 2.33. The standard InChI is InChI=1S/C29H43BrN4O3S/c1-3-7-26(31-2)29-25(20-35)27(21-36)37-34(29)18-23-9-6-8-22(16-23)17-33(15-14-32-12-4-5-13-32)19-24-10-11-28(30)38-24/h6-11,16,25,27,29,31,35-36H,3-5,12-15,17-21H2,1-2H3/b26-7-. The molecule has 2 aliphatic heterocycles. The Morgan fingerprint density at radius 3 is 2.61 bits per heavy atom. The van der Waals surface area contributed by atoms with Crippen molar-refractivity contribution in [3.63, 3.8) is 0 Å². The summed E-state index contributed by atoms with van der Waals surface area (Å²) in [4.78, 5) is 12.7. The zero-order valence-electron chi connectivity index (χ0n) is 22.7. The lowest BCUT2D eigenvalue weighted by Gasteiger charge is -2.28. The van der Waals surface area contributed by atoms with Gasteiger partial charge in [-0.2, -0.15) is 5.06 Å². The second-order valence-corrected chi connectivity index (χ2v) is 12.8. The highest BCUT2D eigenvalue weighted by Gasteiger charge is 2.44. The van der Waals surface area contributed by atoms with Crippen LogP contribution in [0.5, 0.6) is 0 Å². The summed E-state index contributed by atoms with van der Waals surface area (Å²) >= 11 is 5.43. The number of benzene rings is 1. The van der Waals surface area contributed by atoms with Gasteiger partial charge in [0.05, 0.1) is 23.0 Å². The van der Waals surface area contributed by atoms with Gasteiger partial charge in [0.2, 0.25) is 0 Å². The van der Waals surface area contributed by atoms with Gasteiger partial charge in [-0.15, -0.1) is 11.3 Å². The van der Waals surface area contributed by atoms with Crippen molar-refractivity contribution < 1.29 is 15.1 Å². The van der Waals surface area contributed by atoms with Crippen LogP contribution in [0.25, 0.3) is 0 Å². The highest BCUT2D eigenvalue weighted by atomic mass is 79.9. The number of likely N-dealkylation sites (N-methyl/N-ethyl adjacent to an activating group) is 1. The van der Waals surface area contributed by atoms with Gasteiger partial charge >= 0.3 is 0 Å². The fourth-order valence-electron chi connectivity index (χ4n) is 5.66. The van der Waals surface area contributed by atoms with E-state index in [1.165, 1.54) is 40.2 Å². The SMILES string of the molecule is CC/C=C(\NC)C1C(CO)C(CO)ON1Cc1cccc(CN(CCN2CCCC2)Cc2ccc(Br)s2)c1. The Balaban J connectivity index is 1.48. The molecule has 1 aromatic carbocycles. The van der Waals surface area contributed by atoms with E-state index in [0.29, 0.717) is 6.54 Å². The maximum absolute atomic E-state index is 10.1. The number of nitrogens with zero attached hydrogens (tertiary/aromatic N) is 3. The number of hydroxylamine groups is 2. The molecule has 2 aliphatic rings. The van der Waals surface area contributed by atoms with E-state index in [2.05, 4.69) is 80.4 Å². The predicted molar refractivity (Wildman–Crippen MR) is 158 cm³/mol. The molecule has 38 heavy (non-hydrogen) atoms. The molecule has 2 aromatic rings. The molecule has 0 saturated carbocycles. The molecule has 3 unspecified atom stereocenters. The third-order valence-electron chi connectivity index (χ3n) is 7.56. The number of hydrogen-bond acceptors (Lipinski definition) is 8. The molecular weight excluding hydrogens is 564 g/mol. The average molecular weight is 608 g/mol. The van der Waals surface area contributed by atoms with Crippen LogP contribution < -0.4 is 5.32 Å². The van der Waals surface area contributed by atoms with E-state index in [1.54, 1.807) is 0 Å². The third-order valence-corrected chi connectivity index (χ3v) is 9.17. The zero-order valence-corrected chi connectivity index (χ0v) is 25.1. The number of likely N-dealkylation sites (tertiary alicyclic amines) is 1. The minimum Gasteiger partial charge on any atom is -0.396 e. The first-order valence-electron chi connectivity index (χ1n) is 13.8. The molecule has 210 valence electrons. The first-order valence-corrected chi connectivity index (χ1v) is 15.4. The molecule has 0 bridgehead atoms. The monoisotopic (exact) mass is 606 g/mol. The van der Waals surface area contributed by atoms with Crippen LogP contribution in [0, 0.1) is 5.92 Å². The van der Waals surface area contributed by atoms with Crippen LogP contribution in [-0.2, 0) is 24.5 Å². The van der Waals surface area contributed by atoms with Gasteiger partial charge in [0.1, 0.15) is 6.10 Å². The number of rotatable bonds is 14. The van der Waals surface area contributed by atoms with Crippen LogP contribution in [0.4, 0.5) is 0 Å². The summed E-state index contributed by atoms with van der Waals surface area (Å²) in [5, 5.41) is 25.3. The molecule has 2 fully saturated rings. The highest BCUT2D eigenvalue weighted by molar-refractivity contribution is 9.11. The van der Waals surface area contributed by atoms with E-state index < -0.39 is 6.10 Å². The summed E-state index contributed by atoms with van der Waals surface area (Å²) < 4.78 is 1.18. The summed E-state index contributed by atoms with van der Waals surface area (Å²) in [5.74, 6) is -0.195. The zero-order chi connectivity index (χ0) is 26.9. The van der Waals surface area contributed by atoms with Crippen molar-refractivity contribution in [1.82, 2.24) is 20.2 Å². The van der Waals surface area contributed by atoms with Gasteiger partial charge in [-0.3, -0.25) is 9.74 Å². The topological polar surface area (TPSA) is 71.4 Å². The molecule has 7 nitrogen and oxygen atoms in total. The van der Waals surface area contributed by atoms with E-state index in [1.807, 2.05) is 23.4 Å². The van der Waals surface area contributed by atoms with Crippen molar-refractivity contribution in [2.75, 3.05) is 46.4 Å². The Morgan fingerprint density at radius 2 is 1.95 bits per heavy atom. The fourth-order valence-corrected chi connectivity index (χ4v) is 7.18. The molecule has 0 radical (unpaired) electrons. The third kappa shape index (κ3) is 7.88. The number of halogens is 1. The lowest BCUT2D eigenvalue weighted by molar-refractivity contribution is -0.174. The minimum atomic E-state index is -0.423. The Morgan fingerprint density at radius 1 is 1.16 bits per heavy atom. The van der Waals surface area contributed by atoms with Gasteiger partial charge in [0.25, 0.3) is 0 Å². The smallest absolute Gasteiger partial charge is 0.109 e. The van der Waals surface area contributed by atoms with Crippen LogP contribution in [0.2, 0.25) is 0 Å². The number of hydrogen-bond donors (Lipinski definition) is 3. The number of aliphatic hydroxyl groups is 2. The van der Waals surface area contributed by atoms with Gasteiger partial charge < -0.3 is 20.4 Å².